The molecule has 86 valence electrons. The van der Waals surface area contributed by atoms with E-state index in [0.717, 1.165) is 0 Å². The van der Waals surface area contributed by atoms with Crippen LogP contribution in [-0.4, -0.2) is 15.8 Å². The van der Waals surface area contributed by atoms with Crippen LogP contribution in [0.2, 0.25) is 0 Å². The molecule has 0 aliphatic heterocycles. The lowest BCUT2D eigenvalue weighted by atomic mass is 10.3. The Morgan fingerprint density at radius 2 is 1.81 bits per heavy atom. The second-order valence-corrected chi connectivity index (χ2v) is 4.81. The van der Waals surface area contributed by atoms with Gasteiger partial charge in [0.2, 0.25) is 0 Å². The average Bonchev–Trinajstić information content (AvgIpc) is 2.17. The van der Waals surface area contributed by atoms with Crippen molar-refractivity contribution >= 4 is 18.9 Å². The zero-order valence-corrected chi connectivity index (χ0v) is 9.48. The fourth-order valence-corrected chi connectivity index (χ4v) is 1.44. The van der Waals surface area contributed by atoms with Gasteiger partial charge in [0, 0.05) is 5.57 Å². The lowest BCUT2D eigenvalue weighted by Crippen LogP contribution is -2.09. The molecule has 0 aliphatic carbocycles. The summed E-state index contributed by atoms with van der Waals surface area (Å²) >= 11 is 0. The second kappa shape index (κ2) is 4.61. The molecule has 1 aromatic rings. The molecule has 0 heterocycles. The maximum absolute atomic E-state index is 11.1. The van der Waals surface area contributed by atoms with E-state index in [1.54, 1.807) is 0 Å². The van der Waals surface area contributed by atoms with E-state index in [2.05, 4.69) is 6.58 Å². The summed E-state index contributed by atoms with van der Waals surface area (Å²) in [5.74, 6) is -0.367. The molecule has 0 aromatic heterocycles. The van der Waals surface area contributed by atoms with Gasteiger partial charge in [-0.1, -0.05) is 6.58 Å². The lowest BCUT2D eigenvalue weighted by molar-refractivity contribution is -0.130. The monoisotopic (exact) mass is 242 g/mol. The van der Waals surface area contributed by atoms with Gasteiger partial charge >= 0.3 is 13.6 Å². The minimum atomic E-state index is -4.25. The highest BCUT2D eigenvalue weighted by atomic mass is 31.2. The van der Waals surface area contributed by atoms with Crippen LogP contribution in [0.5, 0.6) is 5.75 Å². The standard InChI is InChI=1S/C10H11O5P/c1-7(2)10(11)15-8-3-5-9(6-4-8)16(12,13)14/h3-6H,1H2,2H3,(H2,12,13,14). The largest absolute Gasteiger partial charge is 0.423 e. The highest BCUT2D eigenvalue weighted by Gasteiger charge is 2.16. The van der Waals surface area contributed by atoms with Crippen LogP contribution < -0.4 is 10.0 Å². The van der Waals surface area contributed by atoms with Crippen molar-refractivity contribution in [3.8, 4) is 5.75 Å². The van der Waals surface area contributed by atoms with Crippen molar-refractivity contribution in [3.05, 3.63) is 36.4 Å². The Bertz CT molecular complexity index is 457. The van der Waals surface area contributed by atoms with Crippen LogP contribution in [0.4, 0.5) is 0 Å². The van der Waals surface area contributed by atoms with Crippen LogP contribution in [0.25, 0.3) is 0 Å². The van der Waals surface area contributed by atoms with Gasteiger partial charge in [0.25, 0.3) is 0 Å². The summed E-state index contributed by atoms with van der Waals surface area (Å²) in [5, 5.41) is -0.123. The smallest absolute Gasteiger partial charge is 0.356 e. The minimum Gasteiger partial charge on any atom is -0.423 e. The Morgan fingerprint density at radius 3 is 2.19 bits per heavy atom. The number of benzene rings is 1. The van der Waals surface area contributed by atoms with Crippen LogP contribution in [-0.2, 0) is 9.36 Å². The summed E-state index contributed by atoms with van der Waals surface area (Å²) in [5.41, 5.74) is 0.249. The molecule has 6 heteroatoms. The molecule has 0 atom stereocenters. The van der Waals surface area contributed by atoms with Gasteiger partial charge in [0.05, 0.1) is 5.30 Å². The molecule has 1 aromatic carbocycles. The van der Waals surface area contributed by atoms with E-state index in [0.29, 0.717) is 0 Å². The Morgan fingerprint density at radius 1 is 1.31 bits per heavy atom. The van der Waals surface area contributed by atoms with E-state index in [9.17, 15) is 9.36 Å². The molecular weight excluding hydrogens is 231 g/mol. The molecule has 0 amide bonds. The number of ether oxygens (including phenoxy) is 1. The topological polar surface area (TPSA) is 83.8 Å². The van der Waals surface area contributed by atoms with Crippen molar-refractivity contribution in [2.75, 3.05) is 0 Å². The maximum atomic E-state index is 11.1. The van der Waals surface area contributed by atoms with Crippen molar-refractivity contribution in [1.82, 2.24) is 0 Å². The summed E-state index contributed by atoms with van der Waals surface area (Å²) in [4.78, 5) is 28.8. The summed E-state index contributed by atoms with van der Waals surface area (Å²) in [6.07, 6.45) is 0. The van der Waals surface area contributed by atoms with E-state index in [1.165, 1.54) is 31.2 Å². The van der Waals surface area contributed by atoms with Crippen molar-refractivity contribution in [1.29, 1.82) is 0 Å². The van der Waals surface area contributed by atoms with E-state index in [1.807, 2.05) is 0 Å². The molecule has 5 nitrogen and oxygen atoms in total. The number of esters is 1. The lowest BCUT2D eigenvalue weighted by Gasteiger charge is -2.06. The van der Waals surface area contributed by atoms with Gasteiger partial charge in [-0.2, -0.15) is 0 Å². The minimum absolute atomic E-state index is 0.123. The molecule has 0 aliphatic rings. The summed E-state index contributed by atoms with van der Waals surface area (Å²) in [6, 6.07) is 5.05. The van der Waals surface area contributed by atoms with Crippen LogP contribution in [0.1, 0.15) is 6.92 Å². The third-order valence-corrected chi connectivity index (χ3v) is 2.70. The number of carbonyl (C=O) groups is 1. The van der Waals surface area contributed by atoms with E-state index in [4.69, 9.17) is 14.5 Å². The second-order valence-electron chi connectivity index (χ2n) is 3.21. The Hall–Kier alpha value is -1.42. The molecule has 0 unspecified atom stereocenters. The van der Waals surface area contributed by atoms with Gasteiger partial charge in [-0.15, -0.1) is 0 Å². The Labute approximate surface area is 92.5 Å². The van der Waals surface area contributed by atoms with Crippen LogP contribution in [0, 0.1) is 0 Å². The van der Waals surface area contributed by atoms with E-state index < -0.39 is 13.6 Å². The fraction of sp³-hybridized carbons (Fsp3) is 0.100. The molecule has 0 spiro atoms. The van der Waals surface area contributed by atoms with E-state index in [-0.39, 0.29) is 16.6 Å². The molecule has 2 N–H and O–H groups in total. The molecule has 0 radical (unpaired) electrons. The van der Waals surface area contributed by atoms with Crippen molar-refractivity contribution in [2.24, 2.45) is 0 Å². The number of carbonyl (C=O) groups excluding carboxylic acids is 1. The summed E-state index contributed by atoms with van der Waals surface area (Å²) in [6.45, 7) is 4.92. The Balaban J connectivity index is 2.84. The third kappa shape index (κ3) is 3.31. The first-order valence-electron chi connectivity index (χ1n) is 4.34. The normalized spacial score (nSPS) is 10.9. The van der Waals surface area contributed by atoms with Crippen LogP contribution >= 0.6 is 7.60 Å². The number of hydrogen-bond donors (Lipinski definition) is 2. The van der Waals surface area contributed by atoms with E-state index >= 15 is 0 Å². The maximum Gasteiger partial charge on any atom is 0.356 e. The number of hydrogen-bond acceptors (Lipinski definition) is 3. The molecular formula is C10H11O5P. The van der Waals surface area contributed by atoms with Crippen LogP contribution in [0.15, 0.2) is 36.4 Å². The predicted molar refractivity (Wildman–Crippen MR) is 58.6 cm³/mol. The highest BCUT2D eigenvalue weighted by Crippen LogP contribution is 2.33. The zero-order chi connectivity index (χ0) is 12.3. The number of rotatable bonds is 3. The fourth-order valence-electron chi connectivity index (χ4n) is 0.903. The van der Waals surface area contributed by atoms with Crippen molar-refractivity contribution in [2.45, 2.75) is 6.92 Å². The third-order valence-electron chi connectivity index (χ3n) is 1.73. The quantitative estimate of drug-likeness (QED) is 0.357. The van der Waals surface area contributed by atoms with Gasteiger partial charge in [-0.3, -0.25) is 4.57 Å². The van der Waals surface area contributed by atoms with Crippen molar-refractivity contribution < 1.29 is 23.9 Å². The van der Waals surface area contributed by atoms with Gasteiger partial charge in [0.1, 0.15) is 5.75 Å². The summed E-state index contributed by atoms with van der Waals surface area (Å²) in [7, 11) is -4.25. The predicted octanol–water partition coefficient (Wildman–Crippen LogP) is 0.971. The SMILES string of the molecule is C=C(C)C(=O)Oc1ccc(P(=O)(O)O)cc1. The Kier molecular flexibility index (Phi) is 3.65. The average molecular weight is 242 g/mol. The first-order chi connectivity index (χ1) is 7.30. The van der Waals surface area contributed by atoms with Gasteiger partial charge in [0.15, 0.2) is 0 Å². The molecule has 0 saturated heterocycles. The van der Waals surface area contributed by atoms with Gasteiger partial charge in [-0.25, -0.2) is 4.79 Å². The van der Waals surface area contributed by atoms with Crippen molar-refractivity contribution in [3.63, 3.8) is 0 Å². The highest BCUT2D eigenvalue weighted by molar-refractivity contribution is 7.60. The first kappa shape index (κ1) is 12.6. The molecule has 0 saturated carbocycles. The van der Waals surface area contributed by atoms with Crippen LogP contribution in [0.3, 0.4) is 0 Å². The molecule has 0 bridgehead atoms. The zero-order valence-electron chi connectivity index (χ0n) is 8.58. The summed E-state index contributed by atoms with van der Waals surface area (Å²) < 4.78 is 15.7. The molecule has 1 rings (SSSR count). The van der Waals surface area contributed by atoms with Gasteiger partial charge < -0.3 is 14.5 Å². The first-order valence-corrected chi connectivity index (χ1v) is 5.96. The van der Waals surface area contributed by atoms with Gasteiger partial charge in [-0.05, 0) is 31.2 Å². The molecule has 16 heavy (non-hydrogen) atoms. The molecule has 0 fully saturated rings.